The molecule has 0 radical (unpaired) electrons. The van der Waals surface area contributed by atoms with Gasteiger partial charge >= 0.3 is 0 Å². The lowest BCUT2D eigenvalue weighted by Crippen LogP contribution is -2.56. The van der Waals surface area contributed by atoms with Crippen molar-refractivity contribution in [1.29, 1.82) is 0 Å². The summed E-state index contributed by atoms with van der Waals surface area (Å²) in [6.45, 7) is 1.47. The highest BCUT2D eigenvalue weighted by molar-refractivity contribution is 6.31. The van der Waals surface area contributed by atoms with Gasteiger partial charge in [-0.3, -0.25) is 14.3 Å². The van der Waals surface area contributed by atoms with Crippen molar-refractivity contribution in [3.63, 3.8) is 0 Å². The van der Waals surface area contributed by atoms with E-state index in [1.807, 2.05) is 0 Å². The first kappa shape index (κ1) is 18.9. The van der Waals surface area contributed by atoms with Gasteiger partial charge in [0, 0.05) is 16.8 Å². The average Bonchev–Trinajstić information content (AvgIpc) is 3.13. The Kier molecular flexibility index (Phi) is 4.71. The van der Waals surface area contributed by atoms with Crippen LogP contribution in [0.3, 0.4) is 0 Å². The Morgan fingerprint density at radius 1 is 1.31 bits per heavy atom. The Morgan fingerprint density at radius 3 is 2.90 bits per heavy atom. The Labute approximate surface area is 170 Å². The fourth-order valence-electron chi connectivity index (χ4n) is 2.93. The maximum atomic E-state index is 14.0. The average molecular weight is 415 g/mol. The number of anilines is 2. The molecule has 1 aromatic heterocycles. The van der Waals surface area contributed by atoms with E-state index in [1.165, 1.54) is 36.1 Å². The molecule has 0 aliphatic carbocycles. The second-order valence-electron chi connectivity index (χ2n) is 6.67. The molecule has 0 saturated heterocycles. The summed E-state index contributed by atoms with van der Waals surface area (Å²) in [7, 11) is 0. The van der Waals surface area contributed by atoms with Crippen molar-refractivity contribution in [2.24, 2.45) is 0 Å². The highest BCUT2D eigenvalue weighted by Crippen LogP contribution is 2.33. The summed E-state index contributed by atoms with van der Waals surface area (Å²) in [5.41, 5.74) is -0.643. The zero-order valence-corrected chi connectivity index (χ0v) is 16.0. The van der Waals surface area contributed by atoms with E-state index in [1.54, 1.807) is 30.3 Å². The lowest BCUT2D eigenvalue weighted by Gasteiger charge is -2.33. The zero-order valence-electron chi connectivity index (χ0n) is 15.3. The first-order valence-electron chi connectivity index (χ1n) is 8.73. The number of carbonyl (C=O) groups is 2. The molecule has 2 amide bonds. The summed E-state index contributed by atoms with van der Waals surface area (Å²) in [5, 5.41) is 9.67. The molecule has 2 aromatic carbocycles. The molecule has 1 aliphatic heterocycles. The highest BCUT2D eigenvalue weighted by atomic mass is 35.5. The summed E-state index contributed by atoms with van der Waals surface area (Å²) < 4.78 is 21.1. The minimum atomic E-state index is -1.76. The third-order valence-electron chi connectivity index (χ3n) is 4.59. The van der Waals surface area contributed by atoms with E-state index in [-0.39, 0.29) is 17.1 Å². The number of aromatic nitrogens is 2. The van der Waals surface area contributed by atoms with Crippen LogP contribution in [-0.2, 0) is 16.1 Å². The van der Waals surface area contributed by atoms with Crippen LogP contribution in [0.1, 0.15) is 12.5 Å². The van der Waals surface area contributed by atoms with E-state index in [0.29, 0.717) is 17.1 Å². The zero-order chi connectivity index (χ0) is 20.6. The van der Waals surface area contributed by atoms with Crippen molar-refractivity contribution in [3.05, 3.63) is 71.3 Å². The van der Waals surface area contributed by atoms with Gasteiger partial charge in [0.2, 0.25) is 0 Å². The third kappa shape index (κ3) is 3.54. The maximum Gasteiger partial charge on any atom is 0.278 e. The number of amides is 2. The molecule has 0 spiro atoms. The largest absolute Gasteiger partial charge is 0.466 e. The number of benzene rings is 2. The lowest BCUT2D eigenvalue weighted by atomic mass is 10.0. The lowest BCUT2D eigenvalue weighted by molar-refractivity contribution is -0.143. The van der Waals surface area contributed by atoms with Gasteiger partial charge in [-0.05, 0) is 31.2 Å². The van der Waals surface area contributed by atoms with E-state index in [2.05, 4.69) is 15.7 Å². The van der Waals surface area contributed by atoms with E-state index in [9.17, 15) is 14.0 Å². The van der Waals surface area contributed by atoms with Gasteiger partial charge in [-0.15, -0.1) is 0 Å². The Morgan fingerprint density at radius 2 is 2.10 bits per heavy atom. The molecule has 7 nitrogen and oxygen atoms in total. The van der Waals surface area contributed by atoms with Crippen LogP contribution in [0.4, 0.5) is 15.8 Å². The standard InChI is InChI=1S/C20H16ClFN4O3/c1-20(19(28)25-16-7-2-3-8-17(16)29-20)18(27)24-12-9-23-26(10-12)11-13-14(21)5-4-6-15(13)22/h2-10H,11H2,1H3,(H,24,27)(H,25,28). The molecule has 9 heteroatoms. The molecule has 29 heavy (non-hydrogen) atoms. The summed E-state index contributed by atoms with van der Waals surface area (Å²) in [6, 6.07) is 11.3. The molecule has 2 N–H and O–H groups in total. The first-order chi connectivity index (χ1) is 13.9. The number of para-hydroxylation sites is 2. The Balaban J connectivity index is 1.50. The molecule has 4 rings (SSSR count). The molecular formula is C20H16ClFN4O3. The van der Waals surface area contributed by atoms with Crippen LogP contribution in [0.25, 0.3) is 0 Å². The predicted molar refractivity (Wildman–Crippen MR) is 105 cm³/mol. The molecule has 1 unspecified atom stereocenters. The topological polar surface area (TPSA) is 85.2 Å². The number of rotatable bonds is 4. The minimum Gasteiger partial charge on any atom is -0.466 e. The molecule has 148 valence electrons. The van der Waals surface area contributed by atoms with E-state index in [4.69, 9.17) is 16.3 Å². The minimum absolute atomic E-state index is 0.0863. The van der Waals surface area contributed by atoms with Gasteiger partial charge in [-0.25, -0.2) is 4.39 Å². The second kappa shape index (κ2) is 7.21. The van der Waals surface area contributed by atoms with E-state index in [0.717, 1.165) is 0 Å². The summed E-state index contributed by atoms with van der Waals surface area (Å²) in [4.78, 5) is 25.2. The van der Waals surface area contributed by atoms with Crippen molar-refractivity contribution in [2.45, 2.75) is 19.1 Å². The highest BCUT2D eigenvalue weighted by Gasteiger charge is 2.47. The first-order valence-corrected chi connectivity index (χ1v) is 9.11. The van der Waals surface area contributed by atoms with Gasteiger partial charge in [0.1, 0.15) is 11.6 Å². The number of ether oxygens (including phenoxy) is 1. The maximum absolute atomic E-state index is 14.0. The summed E-state index contributed by atoms with van der Waals surface area (Å²) in [6.07, 6.45) is 2.91. The molecule has 0 saturated carbocycles. The molecule has 2 heterocycles. The van der Waals surface area contributed by atoms with Crippen LogP contribution in [0.15, 0.2) is 54.9 Å². The van der Waals surface area contributed by atoms with Gasteiger partial charge in [0.15, 0.2) is 0 Å². The van der Waals surface area contributed by atoms with Crippen molar-refractivity contribution in [2.75, 3.05) is 10.6 Å². The number of nitrogens with one attached hydrogen (secondary N) is 2. The number of fused-ring (bicyclic) bond motifs is 1. The number of nitrogens with zero attached hydrogens (tertiary/aromatic N) is 2. The molecule has 1 aliphatic rings. The quantitative estimate of drug-likeness (QED) is 0.640. The molecular weight excluding hydrogens is 399 g/mol. The molecule has 3 aromatic rings. The van der Waals surface area contributed by atoms with Gasteiger partial charge in [0.05, 0.1) is 24.1 Å². The van der Waals surface area contributed by atoms with Crippen LogP contribution in [0.2, 0.25) is 5.02 Å². The number of carbonyl (C=O) groups excluding carboxylic acids is 2. The van der Waals surface area contributed by atoms with Crippen molar-refractivity contribution >= 4 is 34.8 Å². The third-order valence-corrected chi connectivity index (χ3v) is 4.94. The fraction of sp³-hybridized carbons (Fsp3) is 0.150. The number of halogens is 2. The Bertz CT molecular complexity index is 1100. The second-order valence-corrected chi connectivity index (χ2v) is 7.07. The van der Waals surface area contributed by atoms with Gasteiger partial charge in [-0.2, -0.15) is 5.10 Å². The number of hydrogen-bond donors (Lipinski definition) is 2. The fourth-order valence-corrected chi connectivity index (χ4v) is 3.15. The molecule has 1 atom stereocenters. The van der Waals surface area contributed by atoms with E-state index >= 15 is 0 Å². The summed E-state index contributed by atoms with van der Waals surface area (Å²) >= 11 is 6.04. The van der Waals surface area contributed by atoms with Crippen LogP contribution in [0, 0.1) is 5.82 Å². The van der Waals surface area contributed by atoms with Crippen molar-refractivity contribution in [3.8, 4) is 5.75 Å². The van der Waals surface area contributed by atoms with Gasteiger partial charge in [0.25, 0.3) is 17.4 Å². The van der Waals surface area contributed by atoms with Crippen LogP contribution < -0.4 is 15.4 Å². The summed E-state index contributed by atoms with van der Waals surface area (Å²) in [5.74, 6) is -1.29. The normalized spacial score (nSPS) is 17.8. The predicted octanol–water partition coefficient (Wildman–Crippen LogP) is 3.45. The van der Waals surface area contributed by atoms with E-state index < -0.39 is 23.2 Å². The molecule has 0 bridgehead atoms. The van der Waals surface area contributed by atoms with Crippen LogP contribution in [-0.4, -0.2) is 27.2 Å². The van der Waals surface area contributed by atoms with Crippen LogP contribution >= 0.6 is 11.6 Å². The molecule has 0 fully saturated rings. The monoisotopic (exact) mass is 414 g/mol. The van der Waals surface area contributed by atoms with Crippen LogP contribution in [0.5, 0.6) is 5.75 Å². The number of hydrogen-bond acceptors (Lipinski definition) is 4. The SMILES string of the molecule is CC1(C(=O)Nc2cnn(Cc3c(F)cccc3Cl)c2)Oc2ccccc2NC1=O. The smallest absolute Gasteiger partial charge is 0.278 e. The van der Waals surface area contributed by atoms with Gasteiger partial charge < -0.3 is 15.4 Å². The van der Waals surface area contributed by atoms with Gasteiger partial charge in [-0.1, -0.05) is 29.8 Å². The Hall–Kier alpha value is -3.39. The van der Waals surface area contributed by atoms with Crippen molar-refractivity contribution in [1.82, 2.24) is 9.78 Å². The van der Waals surface area contributed by atoms with Crippen molar-refractivity contribution < 1.29 is 18.7 Å².